The standard InChI is InChI=1S/C17H29NS/c1-7-18-16(12-19-13(2)3)14-8-10-15(11-9-14)17(4,5)6/h8-11,13,16,18H,7,12H2,1-6H3. The maximum Gasteiger partial charge on any atom is 0.0411 e. The summed E-state index contributed by atoms with van der Waals surface area (Å²) in [7, 11) is 0. The van der Waals surface area contributed by atoms with Gasteiger partial charge in [0.15, 0.2) is 0 Å². The molecule has 0 radical (unpaired) electrons. The molecule has 0 amide bonds. The molecule has 0 saturated carbocycles. The summed E-state index contributed by atoms with van der Waals surface area (Å²) in [5.41, 5.74) is 3.05. The van der Waals surface area contributed by atoms with E-state index < -0.39 is 0 Å². The predicted molar refractivity (Wildman–Crippen MR) is 89.2 cm³/mol. The molecule has 19 heavy (non-hydrogen) atoms. The molecule has 0 aliphatic heterocycles. The third-order valence-corrected chi connectivity index (χ3v) is 4.42. The number of thioether (sulfide) groups is 1. The highest BCUT2D eigenvalue weighted by Gasteiger charge is 2.15. The van der Waals surface area contributed by atoms with Gasteiger partial charge in [0.2, 0.25) is 0 Å². The number of nitrogens with one attached hydrogen (secondary N) is 1. The first kappa shape index (κ1) is 16.6. The van der Waals surface area contributed by atoms with E-state index in [9.17, 15) is 0 Å². The second-order valence-electron chi connectivity index (χ2n) is 6.36. The van der Waals surface area contributed by atoms with Crippen LogP contribution in [0.25, 0.3) is 0 Å². The van der Waals surface area contributed by atoms with E-state index in [4.69, 9.17) is 0 Å². The van der Waals surface area contributed by atoms with Crippen molar-refractivity contribution in [2.45, 2.75) is 58.2 Å². The van der Waals surface area contributed by atoms with Crippen molar-refractivity contribution in [1.29, 1.82) is 0 Å². The first-order valence-corrected chi connectivity index (χ1v) is 8.35. The summed E-state index contributed by atoms with van der Waals surface area (Å²) in [5, 5.41) is 4.28. The third kappa shape index (κ3) is 5.58. The van der Waals surface area contributed by atoms with E-state index in [1.54, 1.807) is 0 Å². The highest BCUT2D eigenvalue weighted by molar-refractivity contribution is 7.99. The van der Waals surface area contributed by atoms with E-state index in [1.807, 2.05) is 11.8 Å². The van der Waals surface area contributed by atoms with Crippen LogP contribution in [0.5, 0.6) is 0 Å². The van der Waals surface area contributed by atoms with E-state index in [0.717, 1.165) is 12.3 Å². The Hall–Kier alpha value is -0.470. The lowest BCUT2D eigenvalue weighted by Crippen LogP contribution is -2.23. The van der Waals surface area contributed by atoms with Crippen molar-refractivity contribution in [1.82, 2.24) is 5.32 Å². The highest BCUT2D eigenvalue weighted by Crippen LogP contribution is 2.26. The predicted octanol–water partition coefficient (Wildman–Crippen LogP) is 4.78. The van der Waals surface area contributed by atoms with Crippen molar-refractivity contribution in [2.24, 2.45) is 0 Å². The van der Waals surface area contributed by atoms with E-state index >= 15 is 0 Å². The normalized spacial score (nSPS) is 13.8. The lowest BCUT2D eigenvalue weighted by atomic mass is 9.86. The summed E-state index contributed by atoms with van der Waals surface area (Å²) >= 11 is 2.02. The Balaban J connectivity index is 2.79. The van der Waals surface area contributed by atoms with Crippen LogP contribution in [-0.4, -0.2) is 17.5 Å². The van der Waals surface area contributed by atoms with Crippen molar-refractivity contribution in [2.75, 3.05) is 12.3 Å². The van der Waals surface area contributed by atoms with Gasteiger partial charge in [-0.15, -0.1) is 0 Å². The van der Waals surface area contributed by atoms with E-state index in [0.29, 0.717) is 11.3 Å². The minimum absolute atomic E-state index is 0.235. The van der Waals surface area contributed by atoms with Gasteiger partial charge in [0.05, 0.1) is 0 Å². The maximum absolute atomic E-state index is 3.59. The molecule has 1 aromatic rings. The third-order valence-electron chi connectivity index (χ3n) is 3.23. The molecule has 1 nitrogen and oxygen atoms in total. The molecule has 0 heterocycles. The molecule has 0 aliphatic rings. The van der Waals surface area contributed by atoms with Crippen LogP contribution < -0.4 is 5.32 Å². The van der Waals surface area contributed by atoms with Gasteiger partial charge in [0.25, 0.3) is 0 Å². The fourth-order valence-corrected chi connectivity index (χ4v) is 2.91. The van der Waals surface area contributed by atoms with Gasteiger partial charge in [-0.05, 0) is 28.3 Å². The molecular formula is C17H29NS. The Bertz CT molecular complexity index is 362. The zero-order chi connectivity index (χ0) is 14.5. The number of rotatable bonds is 6. The van der Waals surface area contributed by atoms with Crippen LogP contribution >= 0.6 is 11.8 Å². The van der Waals surface area contributed by atoms with Gasteiger partial charge in [-0.1, -0.05) is 65.8 Å². The number of hydrogen-bond acceptors (Lipinski definition) is 2. The number of hydrogen-bond donors (Lipinski definition) is 1. The van der Waals surface area contributed by atoms with Gasteiger partial charge >= 0.3 is 0 Å². The van der Waals surface area contributed by atoms with Crippen molar-refractivity contribution < 1.29 is 0 Å². The van der Waals surface area contributed by atoms with Crippen molar-refractivity contribution in [3.63, 3.8) is 0 Å². The van der Waals surface area contributed by atoms with Crippen molar-refractivity contribution in [3.05, 3.63) is 35.4 Å². The van der Waals surface area contributed by atoms with Gasteiger partial charge < -0.3 is 5.32 Å². The first-order chi connectivity index (χ1) is 8.84. The van der Waals surface area contributed by atoms with Gasteiger partial charge in [-0.3, -0.25) is 0 Å². The van der Waals surface area contributed by atoms with Crippen LogP contribution in [0.15, 0.2) is 24.3 Å². The van der Waals surface area contributed by atoms with Gasteiger partial charge in [-0.2, -0.15) is 11.8 Å². The minimum atomic E-state index is 0.235. The van der Waals surface area contributed by atoms with E-state index in [2.05, 4.69) is 71.1 Å². The summed E-state index contributed by atoms with van der Waals surface area (Å²) in [6.45, 7) is 14.5. The fourth-order valence-electron chi connectivity index (χ4n) is 2.02. The molecule has 0 aliphatic carbocycles. The summed E-state index contributed by atoms with van der Waals surface area (Å²) in [5.74, 6) is 1.14. The fraction of sp³-hybridized carbons (Fsp3) is 0.647. The average Bonchev–Trinajstić information content (AvgIpc) is 2.33. The molecule has 1 rings (SSSR count). The molecule has 0 fully saturated rings. The molecule has 1 atom stereocenters. The van der Waals surface area contributed by atoms with Crippen LogP contribution in [0.1, 0.15) is 58.7 Å². The van der Waals surface area contributed by atoms with Crippen LogP contribution in [-0.2, 0) is 5.41 Å². The monoisotopic (exact) mass is 279 g/mol. The minimum Gasteiger partial charge on any atom is -0.310 e. The average molecular weight is 279 g/mol. The topological polar surface area (TPSA) is 12.0 Å². The molecule has 0 spiro atoms. The highest BCUT2D eigenvalue weighted by atomic mass is 32.2. The zero-order valence-electron chi connectivity index (χ0n) is 13.3. The van der Waals surface area contributed by atoms with Gasteiger partial charge in [0, 0.05) is 11.8 Å². The molecule has 1 aromatic carbocycles. The summed E-state index contributed by atoms with van der Waals surface area (Å²) in [6.07, 6.45) is 0. The molecule has 0 aromatic heterocycles. The smallest absolute Gasteiger partial charge is 0.0411 e. The molecule has 108 valence electrons. The molecule has 1 unspecified atom stereocenters. The Morgan fingerprint density at radius 2 is 1.68 bits per heavy atom. The summed E-state index contributed by atoms with van der Waals surface area (Å²) < 4.78 is 0. The molecular weight excluding hydrogens is 250 g/mol. The molecule has 0 bridgehead atoms. The molecule has 2 heteroatoms. The maximum atomic E-state index is 3.59. The largest absolute Gasteiger partial charge is 0.310 e. The zero-order valence-corrected chi connectivity index (χ0v) is 14.1. The summed E-state index contributed by atoms with van der Waals surface area (Å²) in [4.78, 5) is 0. The molecule has 1 N–H and O–H groups in total. The van der Waals surface area contributed by atoms with Crippen LogP contribution in [0, 0.1) is 0 Å². The Kier molecular flexibility index (Phi) is 6.41. The van der Waals surface area contributed by atoms with Crippen LogP contribution in [0.3, 0.4) is 0 Å². The van der Waals surface area contributed by atoms with Gasteiger partial charge in [0.1, 0.15) is 0 Å². The van der Waals surface area contributed by atoms with Gasteiger partial charge in [-0.25, -0.2) is 0 Å². The summed E-state index contributed by atoms with van der Waals surface area (Å²) in [6, 6.07) is 9.59. The SMILES string of the molecule is CCNC(CSC(C)C)c1ccc(C(C)(C)C)cc1. The Morgan fingerprint density at radius 3 is 2.11 bits per heavy atom. The number of benzene rings is 1. The lowest BCUT2D eigenvalue weighted by molar-refractivity contribution is 0.584. The Labute approximate surface area is 123 Å². The second-order valence-corrected chi connectivity index (χ2v) is 7.97. The van der Waals surface area contributed by atoms with E-state index in [-0.39, 0.29) is 5.41 Å². The van der Waals surface area contributed by atoms with Crippen LogP contribution in [0.2, 0.25) is 0 Å². The van der Waals surface area contributed by atoms with Crippen molar-refractivity contribution in [3.8, 4) is 0 Å². The van der Waals surface area contributed by atoms with E-state index in [1.165, 1.54) is 11.1 Å². The lowest BCUT2D eigenvalue weighted by Gasteiger charge is -2.22. The van der Waals surface area contributed by atoms with Crippen LogP contribution in [0.4, 0.5) is 0 Å². The van der Waals surface area contributed by atoms with Crippen molar-refractivity contribution >= 4 is 11.8 Å². The first-order valence-electron chi connectivity index (χ1n) is 7.30. The second kappa shape index (κ2) is 7.35. The Morgan fingerprint density at radius 1 is 1.11 bits per heavy atom. The quantitative estimate of drug-likeness (QED) is 0.804. The molecule has 0 saturated heterocycles.